The first-order chi connectivity index (χ1) is 9.34. The van der Waals surface area contributed by atoms with Crippen molar-refractivity contribution in [3.8, 4) is 0 Å². The maximum Gasteiger partial charge on any atom is 0.340 e. The van der Waals surface area contributed by atoms with Crippen LogP contribution in [0.1, 0.15) is 29.8 Å². The van der Waals surface area contributed by atoms with E-state index in [-0.39, 0.29) is 10.7 Å². The van der Waals surface area contributed by atoms with Crippen LogP contribution in [0.25, 0.3) is 0 Å². The molecule has 5 heteroatoms. The van der Waals surface area contributed by atoms with Crippen molar-refractivity contribution in [2.24, 2.45) is 0 Å². The van der Waals surface area contributed by atoms with Gasteiger partial charge in [-0.3, -0.25) is 0 Å². The summed E-state index contributed by atoms with van der Waals surface area (Å²) >= 11 is 1.98. The van der Waals surface area contributed by atoms with Gasteiger partial charge < -0.3 is 15.4 Å². The number of nitrogens with two attached hydrogens (primary N) is 1. The zero-order valence-electron chi connectivity index (χ0n) is 12.5. The molecule has 2 rings (SSSR count). The Morgan fingerprint density at radius 3 is 2.75 bits per heavy atom. The predicted molar refractivity (Wildman–Crippen MR) is 85.7 cm³/mol. The second kappa shape index (κ2) is 5.56. The van der Waals surface area contributed by atoms with Crippen LogP contribution in [0, 0.1) is 6.92 Å². The van der Waals surface area contributed by atoms with Crippen molar-refractivity contribution < 1.29 is 9.53 Å². The van der Waals surface area contributed by atoms with Gasteiger partial charge in [0.25, 0.3) is 0 Å². The maximum absolute atomic E-state index is 11.8. The molecule has 0 radical (unpaired) electrons. The summed E-state index contributed by atoms with van der Waals surface area (Å²) in [5, 5.41) is 0. The van der Waals surface area contributed by atoms with Crippen molar-refractivity contribution in [2.75, 3.05) is 36.6 Å². The summed E-state index contributed by atoms with van der Waals surface area (Å²) in [6, 6.07) is 3.90. The van der Waals surface area contributed by atoms with Gasteiger partial charge in [-0.05, 0) is 38.5 Å². The Morgan fingerprint density at radius 2 is 2.15 bits per heavy atom. The Labute approximate surface area is 124 Å². The number of esters is 1. The molecule has 110 valence electrons. The maximum atomic E-state index is 11.8. The summed E-state index contributed by atoms with van der Waals surface area (Å²) in [5.41, 5.74) is 8.91. The molecular formula is C15H22N2O2S. The first kappa shape index (κ1) is 15.0. The molecule has 1 aliphatic rings. The van der Waals surface area contributed by atoms with Crippen molar-refractivity contribution in [2.45, 2.75) is 25.5 Å². The zero-order valence-corrected chi connectivity index (χ0v) is 13.3. The minimum atomic E-state index is -0.377. The van der Waals surface area contributed by atoms with Gasteiger partial charge >= 0.3 is 5.97 Å². The predicted octanol–water partition coefficient (Wildman–Crippen LogP) is 2.70. The average molecular weight is 294 g/mol. The molecule has 0 amide bonds. The third-order valence-electron chi connectivity index (χ3n) is 3.57. The van der Waals surface area contributed by atoms with Crippen LogP contribution < -0.4 is 10.6 Å². The molecule has 0 spiro atoms. The molecule has 4 nitrogen and oxygen atoms in total. The Kier molecular flexibility index (Phi) is 4.18. The Balaban J connectivity index is 2.37. The summed E-state index contributed by atoms with van der Waals surface area (Å²) in [4.78, 5) is 14.1. The molecule has 2 N–H and O–H groups in total. The summed E-state index contributed by atoms with van der Waals surface area (Å²) in [7, 11) is 1.38. The normalized spacial score (nSPS) is 17.9. The number of carbonyl (C=O) groups excluding carboxylic acids is 1. The smallest absolute Gasteiger partial charge is 0.340 e. The van der Waals surface area contributed by atoms with Gasteiger partial charge in [0.05, 0.1) is 12.7 Å². The lowest BCUT2D eigenvalue weighted by atomic mass is 10.1. The molecule has 1 aromatic rings. The molecule has 0 bridgehead atoms. The van der Waals surface area contributed by atoms with Gasteiger partial charge in [0.15, 0.2) is 0 Å². The Bertz CT molecular complexity index is 529. The Hall–Kier alpha value is -1.36. The van der Waals surface area contributed by atoms with Gasteiger partial charge in [-0.1, -0.05) is 0 Å². The molecule has 0 saturated carbocycles. The first-order valence-electron chi connectivity index (χ1n) is 6.71. The highest BCUT2D eigenvalue weighted by molar-refractivity contribution is 8.00. The van der Waals surface area contributed by atoms with Gasteiger partial charge in [-0.25, -0.2) is 4.79 Å². The molecule has 1 aromatic carbocycles. The number of methoxy groups -OCH3 is 1. The lowest BCUT2D eigenvalue weighted by Crippen LogP contribution is -2.43. The van der Waals surface area contributed by atoms with E-state index in [9.17, 15) is 4.79 Å². The third kappa shape index (κ3) is 3.03. The number of hydrogen-bond donors (Lipinski definition) is 1. The molecule has 0 unspecified atom stereocenters. The van der Waals surface area contributed by atoms with Crippen LogP contribution in [0.5, 0.6) is 0 Å². The third-order valence-corrected chi connectivity index (χ3v) is 4.86. The summed E-state index contributed by atoms with van der Waals surface area (Å²) in [6.45, 7) is 8.36. The van der Waals surface area contributed by atoms with Gasteiger partial charge in [-0.2, -0.15) is 11.8 Å². The molecule has 1 fully saturated rings. The molecule has 1 saturated heterocycles. The number of ether oxygens (including phenoxy) is 1. The van der Waals surface area contributed by atoms with Crippen LogP contribution in [0.3, 0.4) is 0 Å². The van der Waals surface area contributed by atoms with Crippen molar-refractivity contribution in [3.63, 3.8) is 0 Å². The zero-order chi connectivity index (χ0) is 14.9. The number of carbonyl (C=O) groups is 1. The quantitative estimate of drug-likeness (QED) is 0.671. The second-order valence-electron chi connectivity index (χ2n) is 5.75. The average Bonchev–Trinajstić information content (AvgIpc) is 2.39. The lowest BCUT2D eigenvalue weighted by molar-refractivity contribution is 0.0602. The SMILES string of the molecule is COC(=O)c1cc(N2CCSC(C)(C)C2)cc(C)c1N. The highest BCUT2D eigenvalue weighted by Gasteiger charge is 2.28. The number of rotatable bonds is 2. The van der Waals surface area contributed by atoms with Gasteiger partial charge in [0.1, 0.15) is 0 Å². The highest BCUT2D eigenvalue weighted by Crippen LogP contribution is 2.34. The van der Waals surface area contributed by atoms with Crippen LogP contribution in [-0.2, 0) is 4.74 Å². The van der Waals surface area contributed by atoms with E-state index < -0.39 is 0 Å². The van der Waals surface area contributed by atoms with Crippen LogP contribution in [0.4, 0.5) is 11.4 Å². The van der Waals surface area contributed by atoms with Crippen LogP contribution in [-0.4, -0.2) is 36.7 Å². The standard InChI is InChI=1S/C15H22N2O2S/c1-10-7-11(8-12(13(10)16)14(18)19-4)17-5-6-20-15(2,3)9-17/h7-8H,5-6,9,16H2,1-4H3. The number of aryl methyl sites for hydroxylation is 1. The first-order valence-corrected chi connectivity index (χ1v) is 7.70. The van der Waals surface area contributed by atoms with Crippen molar-refractivity contribution in [3.05, 3.63) is 23.3 Å². The van der Waals surface area contributed by atoms with Crippen LogP contribution >= 0.6 is 11.8 Å². The number of nitrogens with zero attached hydrogens (tertiary/aromatic N) is 1. The summed E-state index contributed by atoms with van der Waals surface area (Å²) < 4.78 is 5.04. The number of nitrogen functional groups attached to an aromatic ring is 1. The van der Waals surface area contributed by atoms with E-state index in [0.717, 1.165) is 30.1 Å². The van der Waals surface area contributed by atoms with E-state index in [1.54, 1.807) is 0 Å². The van der Waals surface area contributed by atoms with E-state index in [1.165, 1.54) is 7.11 Å². The molecule has 0 aromatic heterocycles. The number of thioether (sulfide) groups is 1. The van der Waals surface area contributed by atoms with Crippen LogP contribution in [0.15, 0.2) is 12.1 Å². The van der Waals surface area contributed by atoms with Crippen molar-refractivity contribution >= 4 is 29.1 Å². The molecule has 1 heterocycles. The molecule has 0 aliphatic carbocycles. The number of benzene rings is 1. The number of anilines is 2. The van der Waals surface area contributed by atoms with E-state index in [4.69, 9.17) is 10.5 Å². The summed E-state index contributed by atoms with van der Waals surface area (Å²) in [6.07, 6.45) is 0. The summed E-state index contributed by atoms with van der Waals surface area (Å²) in [5.74, 6) is 0.711. The molecule has 1 aliphatic heterocycles. The van der Waals surface area contributed by atoms with Crippen LogP contribution in [0.2, 0.25) is 0 Å². The lowest BCUT2D eigenvalue weighted by Gasteiger charge is -2.39. The fourth-order valence-corrected chi connectivity index (χ4v) is 3.59. The Morgan fingerprint density at radius 1 is 1.45 bits per heavy atom. The van der Waals surface area contributed by atoms with Gasteiger partial charge in [0, 0.05) is 35.0 Å². The number of hydrogen-bond acceptors (Lipinski definition) is 5. The largest absolute Gasteiger partial charge is 0.465 e. The monoisotopic (exact) mass is 294 g/mol. The minimum Gasteiger partial charge on any atom is -0.465 e. The van der Waals surface area contributed by atoms with E-state index in [1.807, 2.05) is 30.8 Å². The second-order valence-corrected chi connectivity index (χ2v) is 7.55. The van der Waals surface area contributed by atoms with E-state index >= 15 is 0 Å². The molecular weight excluding hydrogens is 272 g/mol. The van der Waals surface area contributed by atoms with Crippen molar-refractivity contribution in [1.29, 1.82) is 0 Å². The van der Waals surface area contributed by atoms with Gasteiger partial charge in [-0.15, -0.1) is 0 Å². The topological polar surface area (TPSA) is 55.6 Å². The minimum absolute atomic E-state index is 0.221. The van der Waals surface area contributed by atoms with E-state index in [2.05, 4.69) is 18.7 Å². The fourth-order valence-electron chi connectivity index (χ4n) is 2.48. The van der Waals surface area contributed by atoms with Gasteiger partial charge in [0.2, 0.25) is 0 Å². The highest BCUT2D eigenvalue weighted by atomic mass is 32.2. The molecule has 0 atom stereocenters. The fraction of sp³-hybridized carbons (Fsp3) is 0.533. The van der Waals surface area contributed by atoms with Crippen molar-refractivity contribution in [1.82, 2.24) is 0 Å². The van der Waals surface area contributed by atoms with E-state index in [0.29, 0.717) is 11.3 Å². The molecule has 20 heavy (non-hydrogen) atoms.